The first kappa shape index (κ1) is 21.4. The number of phenols is 1. The Kier molecular flexibility index (Phi) is 5.76. The zero-order valence-corrected chi connectivity index (χ0v) is 18.5. The molecule has 5 rings (SSSR count). The Morgan fingerprint density at radius 1 is 1.09 bits per heavy atom. The second-order valence-corrected chi connectivity index (χ2v) is 9.03. The highest BCUT2D eigenvalue weighted by molar-refractivity contribution is 5.47. The van der Waals surface area contributed by atoms with E-state index in [-0.39, 0.29) is 23.8 Å². The van der Waals surface area contributed by atoms with Gasteiger partial charge >= 0.3 is 0 Å². The van der Waals surface area contributed by atoms with Gasteiger partial charge < -0.3 is 20.8 Å². The van der Waals surface area contributed by atoms with Crippen LogP contribution in [0.25, 0.3) is 0 Å². The predicted octanol–water partition coefficient (Wildman–Crippen LogP) is 3.11. The van der Waals surface area contributed by atoms with Crippen molar-refractivity contribution in [1.82, 2.24) is 9.97 Å². The van der Waals surface area contributed by atoms with Crippen LogP contribution in [0.4, 0.5) is 5.82 Å². The molecule has 2 heterocycles. The molecule has 1 aliphatic carbocycles. The monoisotopic (exact) mass is 440 g/mol. The number of phenolic OH excluding ortho intramolecular Hbond substituents is 1. The van der Waals surface area contributed by atoms with Gasteiger partial charge in [0.15, 0.2) is 5.82 Å². The molecule has 3 aromatic rings. The molecule has 1 fully saturated rings. The largest absolute Gasteiger partial charge is 0.508 e. The lowest BCUT2D eigenvalue weighted by atomic mass is 9.73. The minimum absolute atomic E-state index is 0.0745. The number of piperidine rings is 1. The second-order valence-electron chi connectivity index (χ2n) is 9.03. The van der Waals surface area contributed by atoms with Crippen LogP contribution in [0.2, 0.25) is 0 Å². The molecule has 1 aromatic heterocycles. The first-order valence-electron chi connectivity index (χ1n) is 11.4. The van der Waals surface area contributed by atoms with Crippen LogP contribution < -0.4 is 10.6 Å². The molecule has 1 saturated heterocycles. The van der Waals surface area contributed by atoms with E-state index in [9.17, 15) is 10.2 Å². The van der Waals surface area contributed by atoms with E-state index in [0.29, 0.717) is 17.8 Å². The summed E-state index contributed by atoms with van der Waals surface area (Å²) in [4.78, 5) is 11.4. The quantitative estimate of drug-likeness (QED) is 0.542. The van der Waals surface area contributed by atoms with E-state index in [1.807, 2.05) is 12.1 Å². The number of anilines is 1. The van der Waals surface area contributed by atoms with Gasteiger partial charge in [-0.3, -0.25) is 0 Å². The van der Waals surface area contributed by atoms with Gasteiger partial charge in [0.25, 0.3) is 0 Å². The van der Waals surface area contributed by atoms with E-state index in [2.05, 4.69) is 51.0 Å². The van der Waals surface area contributed by atoms with Crippen molar-refractivity contribution in [3.63, 3.8) is 0 Å². The molecule has 6 nitrogen and oxygen atoms in total. The fourth-order valence-corrected chi connectivity index (χ4v) is 5.17. The van der Waals surface area contributed by atoms with Crippen LogP contribution in [-0.4, -0.2) is 33.3 Å². The van der Waals surface area contributed by atoms with E-state index >= 15 is 0 Å². The Labute approximate surface area is 194 Å². The maximum Gasteiger partial charge on any atom is 0.152 e. The van der Waals surface area contributed by atoms with Crippen LogP contribution in [-0.2, 0) is 19.4 Å². The van der Waals surface area contributed by atoms with Crippen molar-refractivity contribution >= 4 is 5.82 Å². The maximum atomic E-state index is 9.95. The van der Waals surface area contributed by atoms with Crippen molar-refractivity contribution in [3.8, 4) is 17.6 Å². The lowest BCUT2D eigenvalue weighted by Gasteiger charge is -2.42. The predicted molar refractivity (Wildman–Crippen MR) is 128 cm³/mol. The molecule has 0 amide bonds. The average Bonchev–Trinajstić information content (AvgIpc) is 3.12. The van der Waals surface area contributed by atoms with Crippen LogP contribution in [0.1, 0.15) is 47.0 Å². The first-order chi connectivity index (χ1) is 16.1. The molecule has 33 heavy (non-hydrogen) atoms. The van der Waals surface area contributed by atoms with Crippen molar-refractivity contribution < 1.29 is 10.2 Å². The highest BCUT2D eigenvalue weighted by Gasteiger charge is 2.46. The normalized spacial score (nSPS) is 18.6. The number of aliphatic hydroxyl groups is 1. The van der Waals surface area contributed by atoms with Crippen molar-refractivity contribution in [2.75, 3.05) is 18.0 Å². The molecular formula is C27H28N4O2. The molecule has 1 aliphatic heterocycles. The SMILES string of the molecule is N[C@@H]1c2ccccc2CC12CCN(c1ncc(C#CCc3ccc(O)cc3)nc1CO)CC2. The van der Waals surface area contributed by atoms with Gasteiger partial charge in [0.05, 0.1) is 12.8 Å². The van der Waals surface area contributed by atoms with Crippen LogP contribution in [0.3, 0.4) is 0 Å². The highest BCUT2D eigenvalue weighted by atomic mass is 16.3. The molecule has 2 aliphatic rings. The van der Waals surface area contributed by atoms with Gasteiger partial charge in [-0.2, -0.15) is 0 Å². The van der Waals surface area contributed by atoms with E-state index in [4.69, 9.17) is 5.73 Å². The third-order valence-corrected chi connectivity index (χ3v) is 7.07. The van der Waals surface area contributed by atoms with Gasteiger partial charge in [0.1, 0.15) is 17.1 Å². The van der Waals surface area contributed by atoms with E-state index in [1.54, 1.807) is 18.3 Å². The van der Waals surface area contributed by atoms with Crippen LogP contribution in [0.5, 0.6) is 5.75 Å². The van der Waals surface area contributed by atoms with Crippen molar-refractivity contribution in [1.29, 1.82) is 0 Å². The standard InChI is InChI=1S/C27H28N4O2/c28-25-23-7-2-1-5-20(23)16-27(25)12-14-31(15-13-27)26-24(18-32)30-21(17-29-26)6-3-4-19-8-10-22(33)11-9-19/h1-2,5,7-11,17,25,32-33H,4,12-16,18,28H2/t25-/m1/s1. The van der Waals surface area contributed by atoms with Gasteiger partial charge in [0.2, 0.25) is 0 Å². The molecule has 1 spiro atoms. The fourth-order valence-electron chi connectivity index (χ4n) is 5.17. The Balaban J connectivity index is 1.27. The Morgan fingerprint density at radius 2 is 1.85 bits per heavy atom. The summed E-state index contributed by atoms with van der Waals surface area (Å²) >= 11 is 0. The Bertz CT molecular complexity index is 1200. The van der Waals surface area contributed by atoms with Gasteiger partial charge in [-0.15, -0.1) is 0 Å². The van der Waals surface area contributed by atoms with E-state index < -0.39 is 0 Å². The first-order valence-corrected chi connectivity index (χ1v) is 11.4. The van der Waals surface area contributed by atoms with Crippen LogP contribution in [0.15, 0.2) is 54.7 Å². The zero-order chi connectivity index (χ0) is 22.8. The lowest BCUT2D eigenvalue weighted by molar-refractivity contribution is 0.186. The number of nitrogens with zero attached hydrogens (tertiary/aromatic N) is 3. The number of benzene rings is 2. The number of aromatic hydroxyl groups is 1. The molecular weight excluding hydrogens is 412 g/mol. The van der Waals surface area contributed by atoms with Crippen molar-refractivity contribution in [2.24, 2.45) is 11.1 Å². The van der Waals surface area contributed by atoms with Gasteiger partial charge in [-0.25, -0.2) is 9.97 Å². The number of nitrogens with two attached hydrogens (primary N) is 1. The lowest BCUT2D eigenvalue weighted by Crippen LogP contribution is -2.45. The second kappa shape index (κ2) is 8.86. The number of rotatable bonds is 3. The third-order valence-electron chi connectivity index (χ3n) is 7.07. The molecule has 0 bridgehead atoms. The summed E-state index contributed by atoms with van der Waals surface area (Å²) in [5, 5.41) is 19.3. The minimum Gasteiger partial charge on any atom is -0.508 e. The molecule has 0 saturated carbocycles. The number of aliphatic hydroxyl groups excluding tert-OH is 1. The summed E-state index contributed by atoms with van der Waals surface area (Å²) in [6, 6.07) is 15.6. The smallest absolute Gasteiger partial charge is 0.152 e. The Morgan fingerprint density at radius 3 is 2.58 bits per heavy atom. The van der Waals surface area contributed by atoms with E-state index in [0.717, 1.165) is 43.7 Å². The van der Waals surface area contributed by atoms with Crippen LogP contribution in [0, 0.1) is 17.3 Å². The highest BCUT2D eigenvalue weighted by Crippen LogP contribution is 2.50. The summed E-state index contributed by atoms with van der Waals surface area (Å²) in [7, 11) is 0. The van der Waals surface area contributed by atoms with Crippen LogP contribution >= 0.6 is 0 Å². The van der Waals surface area contributed by atoms with E-state index in [1.165, 1.54) is 11.1 Å². The van der Waals surface area contributed by atoms with Gasteiger partial charge in [-0.1, -0.05) is 42.3 Å². The summed E-state index contributed by atoms with van der Waals surface area (Å²) in [5.41, 5.74) is 11.6. The molecule has 6 heteroatoms. The van der Waals surface area contributed by atoms with Crippen molar-refractivity contribution in [3.05, 3.63) is 82.8 Å². The summed E-state index contributed by atoms with van der Waals surface area (Å²) in [6.07, 6.45) is 5.24. The average molecular weight is 441 g/mol. The summed E-state index contributed by atoms with van der Waals surface area (Å²) < 4.78 is 0. The minimum atomic E-state index is -0.178. The number of hydrogen-bond donors (Lipinski definition) is 3. The number of aromatic nitrogens is 2. The molecule has 4 N–H and O–H groups in total. The van der Waals surface area contributed by atoms with Gasteiger partial charge in [0, 0.05) is 25.6 Å². The summed E-state index contributed by atoms with van der Waals surface area (Å²) in [5.74, 6) is 7.10. The molecule has 168 valence electrons. The molecule has 2 aromatic carbocycles. The molecule has 1 atom stereocenters. The zero-order valence-electron chi connectivity index (χ0n) is 18.5. The number of fused-ring (bicyclic) bond motifs is 1. The maximum absolute atomic E-state index is 9.95. The van der Waals surface area contributed by atoms with Crippen molar-refractivity contribution in [2.45, 2.75) is 38.3 Å². The topological polar surface area (TPSA) is 95.5 Å². The molecule has 0 unspecified atom stereocenters. The molecule has 0 radical (unpaired) electrons. The Hall–Kier alpha value is -3.40. The van der Waals surface area contributed by atoms with Gasteiger partial charge in [-0.05, 0) is 59.4 Å². The summed E-state index contributed by atoms with van der Waals surface area (Å²) in [6.45, 7) is 1.51. The number of hydrogen-bond acceptors (Lipinski definition) is 6. The third kappa shape index (κ3) is 4.18. The fraction of sp³-hybridized carbons (Fsp3) is 0.333.